The summed E-state index contributed by atoms with van der Waals surface area (Å²) in [6, 6.07) is -1.74. The second-order valence-electron chi connectivity index (χ2n) is 6.09. The van der Waals surface area contributed by atoms with Crippen LogP contribution in [0.2, 0.25) is 0 Å². The van der Waals surface area contributed by atoms with E-state index in [1.807, 2.05) is 6.92 Å². The lowest BCUT2D eigenvalue weighted by molar-refractivity contribution is -0.139. The molecule has 0 saturated carbocycles. The van der Waals surface area contributed by atoms with E-state index < -0.39 is 42.3 Å². The van der Waals surface area contributed by atoms with E-state index >= 15 is 0 Å². The fourth-order valence-corrected chi connectivity index (χ4v) is 2.24. The molecule has 0 aromatic rings. The third-order valence-electron chi connectivity index (χ3n) is 3.99. The number of carbonyl (C=O) groups is 4. The zero-order chi connectivity index (χ0) is 20.1. The minimum atomic E-state index is -1.18. The Morgan fingerprint density at radius 1 is 1.04 bits per heavy atom. The fourth-order valence-electron chi connectivity index (χ4n) is 2.24. The highest BCUT2D eigenvalue weighted by atomic mass is 16.4. The van der Waals surface area contributed by atoms with Gasteiger partial charge in [-0.1, -0.05) is 20.3 Å². The molecule has 0 bridgehead atoms. The first-order chi connectivity index (χ1) is 12.3. The van der Waals surface area contributed by atoms with Gasteiger partial charge in [0.15, 0.2) is 0 Å². The molecule has 0 aliphatic rings. The summed E-state index contributed by atoms with van der Waals surface area (Å²) in [5.41, 5.74) is 10.7. The lowest BCUT2D eigenvalue weighted by atomic mass is 9.97. The molecule has 0 aromatic heterocycles. The van der Waals surface area contributed by atoms with Crippen LogP contribution in [0.15, 0.2) is 0 Å². The molecule has 26 heavy (non-hydrogen) atoms. The van der Waals surface area contributed by atoms with E-state index in [9.17, 15) is 19.2 Å². The molecule has 0 rings (SSSR count). The Balaban J connectivity index is 5.07. The maximum absolute atomic E-state index is 12.6. The SMILES string of the molecule is CCC(C)C(NC(=O)C(CCCCN)NC(=O)CN)C(=O)NCC(=O)O. The fraction of sp³-hybridized carbons (Fsp3) is 0.750. The zero-order valence-corrected chi connectivity index (χ0v) is 15.4. The number of aliphatic carboxylic acids is 1. The number of hydrogen-bond acceptors (Lipinski definition) is 6. The van der Waals surface area contributed by atoms with E-state index in [1.165, 1.54) is 0 Å². The van der Waals surface area contributed by atoms with Crippen molar-refractivity contribution >= 4 is 23.7 Å². The Kier molecular flexibility index (Phi) is 12.0. The van der Waals surface area contributed by atoms with Gasteiger partial charge in [-0.2, -0.15) is 0 Å². The summed E-state index contributed by atoms with van der Waals surface area (Å²) in [4.78, 5) is 47.0. The van der Waals surface area contributed by atoms with Crippen molar-refractivity contribution in [3.05, 3.63) is 0 Å². The number of carbonyl (C=O) groups excluding carboxylic acids is 3. The third-order valence-corrected chi connectivity index (χ3v) is 3.99. The van der Waals surface area contributed by atoms with Crippen LogP contribution >= 0.6 is 0 Å². The lowest BCUT2D eigenvalue weighted by Crippen LogP contribution is -2.56. The number of carboxylic acid groups (broad SMARTS) is 1. The van der Waals surface area contributed by atoms with E-state index in [0.717, 1.165) is 0 Å². The molecular weight excluding hydrogens is 342 g/mol. The number of nitrogens with two attached hydrogens (primary N) is 2. The predicted octanol–water partition coefficient (Wildman–Crippen LogP) is -1.71. The van der Waals surface area contributed by atoms with Gasteiger partial charge in [0.05, 0.1) is 6.54 Å². The molecule has 0 aromatic carbocycles. The highest BCUT2D eigenvalue weighted by Gasteiger charge is 2.29. The lowest BCUT2D eigenvalue weighted by Gasteiger charge is -2.26. The number of amides is 3. The van der Waals surface area contributed by atoms with Gasteiger partial charge in [0.25, 0.3) is 0 Å². The maximum Gasteiger partial charge on any atom is 0.322 e. The van der Waals surface area contributed by atoms with Crippen LogP contribution in [0.5, 0.6) is 0 Å². The molecule has 10 heteroatoms. The van der Waals surface area contributed by atoms with E-state index in [-0.39, 0.29) is 12.5 Å². The van der Waals surface area contributed by atoms with Crippen LogP contribution in [-0.2, 0) is 19.2 Å². The van der Waals surface area contributed by atoms with Gasteiger partial charge in [-0.15, -0.1) is 0 Å². The largest absolute Gasteiger partial charge is 0.480 e. The molecule has 0 spiro atoms. The van der Waals surface area contributed by atoms with E-state index in [0.29, 0.717) is 32.2 Å². The van der Waals surface area contributed by atoms with Crippen LogP contribution in [0.25, 0.3) is 0 Å². The number of rotatable bonds is 13. The smallest absolute Gasteiger partial charge is 0.322 e. The molecule has 150 valence electrons. The highest BCUT2D eigenvalue weighted by Crippen LogP contribution is 2.09. The summed E-state index contributed by atoms with van der Waals surface area (Å²) >= 11 is 0. The molecule has 3 amide bonds. The summed E-state index contributed by atoms with van der Waals surface area (Å²) in [5, 5.41) is 16.1. The molecule has 8 N–H and O–H groups in total. The molecule has 0 aliphatic heterocycles. The van der Waals surface area contributed by atoms with Gasteiger partial charge in [-0.25, -0.2) is 0 Å². The van der Waals surface area contributed by atoms with Gasteiger partial charge >= 0.3 is 5.97 Å². The number of hydrogen-bond donors (Lipinski definition) is 6. The molecular formula is C16H31N5O5. The van der Waals surface area contributed by atoms with Crippen LogP contribution in [0.4, 0.5) is 0 Å². The minimum absolute atomic E-state index is 0.220. The Morgan fingerprint density at radius 2 is 1.69 bits per heavy atom. The molecule has 0 aliphatic carbocycles. The average Bonchev–Trinajstić information content (AvgIpc) is 2.62. The van der Waals surface area contributed by atoms with Crippen molar-refractivity contribution < 1.29 is 24.3 Å². The van der Waals surface area contributed by atoms with Crippen molar-refractivity contribution in [2.24, 2.45) is 17.4 Å². The molecule has 10 nitrogen and oxygen atoms in total. The second kappa shape index (κ2) is 13.1. The standard InChI is InChI=1S/C16H31N5O5/c1-3-10(2)14(16(26)19-9-13(23)24)21-15(25)11(6-4-5-7-17)20-12(22)8-18/h10-11,14H,3-9,17-18H2,1-2H3,(H,19,26)(H,20,22)(H,21,25)(H,23,24). The molecule has 0 heterocycles. The van der Waals surface area contributed by atoms with E-state index in [1.54, 1.807) is 6.92 Å². The highest BCUT2D eigenvalue weighted by molar-refractivity contribution is 5.93. The van der Waals surface area contributed by atoms with Crippen molar-refractivity contribution in [2.75, 3.05) is 19.6 Å². The van der Waals surface area contributed by atoms with Crippen LogP contribution in [-0.4, -0.2) is 60.5 Å². The number of nitrogens with one attached hydrogen (secondary N) is 3. The third kappa shape index (κ3) is 9.33. The maximum atomic E-state index is 12.6. The summed E-state index contributed by atoms with van der Waals surface area (Å²) in [6.07, 6.45) is 2.27. The molecule has 3 atom stereocenters. The summed E-state index contributed by atoms with van der Waals surface area (Å²) in [7, 11) is 0. The molecule has 0 saturated heterocycles. The summed E-state index contributed by atoms with van der Waals surface area (Å²) < 4.78 is 0. The van der Waals surface area contributed by atoms with E-state index in [4.69, 9.17) is 16.6 Å². The Morgan fingerprint density at radius 3 is 2.19 bits per heavy atom. The summed E-state index contributed by atoms with van der Waals surface area (Å²) in [6.45, 7) is 3.29. The number of unbranched alkanes of at least 4 members (excludes halogenated alkanes) is 1. The first-order valence-electron chi connectivity index (χ1n) is 8.76. The predicted molar refractivity (Wildman–Crippen MR) is 95.9 cm³/mol. The normalized spacial score (nSPS) is 14.0. The van der Waals surface area contributed by atoms with Crippen molar-refractivity contribution in [1.82, 2.24) is 16.0 Å². The minimum Gasteiger partial charge on any atom is -0.480 e. The second-order valence-corrected chi connectivity index (χ2v) is 6.09. The van der Waals surface area contributed by atoms with Crippen LogP contribution in [0.3, 0.4) is 0 Å². The zero-order valence-electron chi connectivity index (χ0n) is 15.4. The quantitative estimate of drug-likeness (QED) is 0.208. The van der Waals surface area contributed by atoms with Gasteiger partial charge < -0.3 is 32.5 Å². The van der Waals surface area contributed by atoms with Gasteiger partial charge in [0.2, 0.25) is 17.7 Å². The van der Waals surface area contributed by atoms with Gasteiger partial charge in [-0.05, 0) is 31.7 Å². The first kappa shape index (κ1) is 23.8. The van der Waals surface area contributed by atoms with Crippen molar-refractivity contribution in [1.29, 1.82) is 0 Å². The molecule has 0 fully saturated rings. The summed E-state index contributed by atoms with van der Waals surface area (Å²) in [5.74, 6) is -2.97. The molecule has 3 unspecified atom stereocenters. The average molecular weight is 373 g/mol. The Labute approximate surface area is 153 Å². The van der Waals surface area contributed by atoms with E-state index in [2.05, 4.69) is 16.0 Å². The van der Waals surface area contributed by atoms with Gasteiger partial charge in [-0.3, -0.25) is 19.2 Å². The van der Waals surface area contributed by atoms with Crippen molar-refractivity contribution in [3.63, 3.8) is 0 Å². The Bertz CT molecular complexity index is 486. The van der Waals surface area contributed by atoms with Crippen molar-refractivity contribution in [2.45, 2.75) is 51.6 Å². The van der Waals surface area contributed by atoms with Gasteiger partial charge in [0, 0.05) is 0 Å². The topological polar surface area (TPSA) is 177 Å². The van der Waals surface area contributed by atoms with Crippen LogP contribution in [0, 0.1) is 5.92 Å². The first-order valence-corrected chi connectivity index (χ1v) is 8.76. The van der Waals surface area contributed by atoms with Crippen LogP contribution < -0.4 is 27.4 Å². The number of carboxylic acids is 1. The Hall–Kier alpha value is -2.20. The van der Waals surface area contributed by atoms with Crippen molar-refractivity contribution in [3.8, 4) is 0 Å². The monoisotopic (exact) mass is 373 g/mol. The van der Waals surface area contributed by atoms with Crippen LogP contribution in [0.1, 0.15) is 39.5 Å². The molecule has 0 radical (unpaired) electrons. The van der Waals surface area contributed by atoms with Gasteiger partial charge in [0.1, 0.15) is 18.6 Å².